The highest BCUT2D eigenvalue weighted by molar-refractivity contribution is 6.31. The predicted molar refractivity (Wildman–Crippen MR) is 64.2 cm³/mol. The molecule has 0 saturated carbocycles. The van der Waals surface area contributed by atoms with Crippen LogP contribution in [0.15, 0.2) is 22.6 Å². The fourth-order valence-electron chi connectivity index (χ4n) is 1.36. The lowest BCUT2D eigenvalue weighted by Crippen LogP contribution is -1.98. The van der Waals surface area contributed by atoms with Crippen LogP contribution in [0.1, 0.15) is 24.3 Å². The number of hydrogen-bond acceptors (Lipinski definition) is 5. The van der Waals surface area contributed by atoms with Crippen molar-refractivity contribution in [2.45, 2.75) is 20.0 Å². The maximum absolute atomic E-state index is 8.97. The van der Waals surface area contributed by atoms with E-state index < -0.39 is 0 Å². The van der Waals surface area contributed by atoms with Gasteiger partial charge >= 0.3 is 0 Å². The number of nitrogens with zero attached hydrogens (tertiary/aromatic N) is 3. The van der Waals surface area contributed by atoms with Crippen molar-refractivity contribution in [3.05, 3.63) is 40.6 Å². The molecule has 0 radical (unpaired) electrons. The lowest BCUT2D eigenvalue weighted by atomic mass is 10.2. The van der Waals surface area contributed by atoms with Gasteiger partial charge in [0, 0.05) is 6.42 Å². The Morgan fingerprint density at radius 3 is 2.83 bits per heavy atom. The first-order valence-electron chi connectivity index (χ1n) is 5.37. The van der Waals surface area contributed by atoms with Crippen molar-refractivity contribution >= 4 is 11.6 Å². The molecule has 2 aromatic rings. The molecule has 0 aliphatic heterocycles. The molecule has 0 fully saturated rings. The molecule has 0 unspecified atom stereocenters. The van der Waals surface area contributed by atoms with Crippen LogP contribution in [0, 0.1) is 11.3 Å². The van der Waals surface area contributed by atoms with Crippen LogP contribution in [-0.2, 0) is 13.0 Å². The zero-order chi connectivity index (χ0) is 13.0. The first-order chi connectivity index (χ1) is 8.74. The van der Waals surface area contributed by atoms with Gasteiger partial charge in [0.05, 0.1) is 5.02 Å². The van der Waals surface area contributed by atoms with Crippen molar-refractivity contribution in [2.75, 3.05) is 0 Å². The van der Waals surface area contributed by atoms with Crippen molar-refractivity contribution in [3.63, 3.8) is 0 Å². The van der Waals surface area contributed by atoms with Crippen LogP contribution in [0.5, 0.6) is 5.75 Å². The number of aromatic nitrogens is 2. The number of benzene rings is 1. The Kier molecular flexibility index (Phi) is 3.80. The molecule has 0 bridgehead atoms. The molecule has 0 atom stereocenters. The highest BCUT2D eigenvalue weighted by atomic mass is 35.5. The average molecular weight is 264 g/mol. The Hall–Kier alpha value is -2.06. The molecular formula is C12H10ClN3O2. The topological polar surface area (TPSA) is 71.9 Å². The van der Waals surface area contributed by atoms with Crippen molar-refractivity contribution in [1.29, 1.82) is 5.26 Å². The van der Waals surface area contributed by atoms with E-state index in [4.69, 9.17) is 26.0 Å². The summed E-state index contributed by atoms with van der Waals surface area (Å²) in [5, 5.41) is 17.0. The van der Waals surface area contributed by atoms with E-state index in [2.05, 4.69) is 10.2 Å². The number of halogens is 1. The SMILES string of the molecule is CCc1nnc(COc2cccc(Cl)c2C#N)o1. The fraction of sp³-hybridized carbons (Fsp3) is 0.250. The number of rotatable bonds is 4. The molecular weight excluding hydrogens is 254 g/mol. The minimum absolute atomic E-state index is 0.113. The molecule has 5 nitrogen and oxygen atoms in total. The number of nitriles is 1. The van der Waals surface area contributed by atoms with Crippen LogP contribution in [0.3, 0.4) is 0 Å². The fourth-order valence-corrected chi connectivity index (χ4v) is 1.57. The zero-order valence-electron chi connectivity index (χ0n) is 9.68. The summed E-state index contributed by atoms with van der Waals surface area (Å²) in [5.41, 5.74) is 0.300. The third-order valence-electron chi connectivity index (χ3n) is 2.25. The lowest BCUT2D eigenvalue weighted by Gasteiger charge is -2.05. The van der Waals surface area contributed by atoms with Crippen molar-refractivity contribution in [1.82, 2.24) is 10.2 Å². The maximum Gasteiger partial charge on any atom is 0.253 e. The molecule has 6 heteroatoms. The molecule has 18 heavy (non-hydrogen) atoms. The summed E-state index contributed by atoms with van der Waals surface area (Å²) >= 11 is 5.88. The quantitative estimate of drug-likeness (QED) is 0.848. The van der Waals surface area contributed by atoms with Gasteiger partial charge in [-0.05, 0) is 12.1 Å². The third-order valence-corrected chi connectivity index (χ3v) is 2.56. The largest absolute Gasteiger partial charge is 0.482 e. The molecule has 1 aromatic heterocycles. The van der Waals surface area contributed by atoms with E-state index in [9.17, 15) is 0 Å². The smallest absolute Gasteiger partial charge is 0.253 e. The monoisotopic (exact) mass is 263 g/mol. The summed E-state index contributed by atoms with van der Waals surface area (Å²) in [6.45, 7) is 2.03. The molecule has 0 amide bonds. The van der Waals surface area contributed by atoms with Crippen LogP contribution in [-0.4, -0.2) is 10.2 Å². The van der Waals surface area contributed by atoms with E-state index in [1.165, 1.54) is 0 Å². The van der Waals surface area contributed by atoms with Gasteiger partial charge in [-0.3, -0.25) is 0 Å². The van der Waals surface area contributed by atoms with Crippen molar-refractivity contribution in [2.24, 2.45) is 0 Å². The summed E-state index contributed by atoms with van der Waals surface area (Å²) in [5.74, 6) is 1.33. The summed E-state index contributed by atoms with van der Waals surface area (Å²) in [7, 11) is 0. The van der Waals surface area contributed by atoms with E-state index >= 15 is 0 Å². The molecule has 1 heterocycles. The number of hydrogen-bond donors (Lipinski definition) is 0. The van der Waals surface area contributed by atoms with E-state index in [0.717, 1.165) is 0 Å². The minimum atomic E-state index is 0.113. The van der Waals surface area contributed by atoms with Crippen LogP contribution >= 0.6 is 11.6 Å². The molecule has 2 rings (SSSR count). The van der Waals surface area contributed by atoms with Gasteiger partial charge < -0.3 is 9.15 Å². The Morgan fingerprint density at radius 1 is 1.39 bits per heavy atom. The summed E-state index contributed by atoms with van der Waals surface area (Å²) in [4.78, 5) is 0. The highest BCUT2D eigenvalue weighted by Gasteiger charge is 2.10. The van der Waals surface area contributed by atoms with Crippen molar-refractivity contribution in [3.8, 4) is 11.8 Å². The molecule has 0 saturated heterocycles. The normalized spacial score (nSPS) is 10.1. The molecule has 0 spiro atoms. The van der Waals surface area contributed by atoms with Gasteiger partial charge in [0.15, 0.2) is 6.61 Å². The Bertz CT molecular complexity index is 589. The first kappa shape index (κ1) is 12.4. The van der Waals surface area contributed by atoms with Gasteiger partial charge in [-0.1, -0.05) is 24.6 Å². The van der Waals surface area contributed by atoms with E-state index in [1.807, 2.05) is 13.0 Å². The van der Waals surface area contributed by atoms with E-state index in [1.54, 1.807) is 18.2 Å². The second kappa shape index (κ2) is 5.52. The van der Waals surface area contributed by atoms with Crippen LogP contribution in [0.4, 0.5) is 0 Å². The van der Waals surface area contributed by atoms with Gasteiger partial charge in [-0.2, -0.15) is 5.26 Å². The zero-order valence-corrected chi connectivity index (χ0v) is 10.4. The molecule has 92 valence electrons. The second-order valence-electron chi connectivity index (χ2n) is 3.46. The molecule has 0 aliphatic rings. The van der Waals surface area contributed by atoms with Crippen LogP contribution in [0.2, 0.25) is 5.02 Å². The predicted octanol–water partition coefficient (Wildman–Crippen LogP) is 2.74. The summed E-state index contributed by atoms with van der Waals surface area (Å²) < 4.78 is 10.7. The van der Waals surface area contributed by atoms with Crippen LogP contribution < -0.4 is 4.74 Å². The average Bonchev–Trinajstić information content (AvgIpc) is 2.84. The van der Waals surface area contributed by atoms with E-state index in [0.29, 0.717) is 34.5 Å². The van der Waals surface area contributed by atoms with Gasteiger partial charge in [0.1, 0.15) is 17.4 Å². The summed E-state index contributed by atoms with van der Waals surface area (Å²) in [6, 6.07) is 7.01. The standard InChI is InChI=1S/C12H10ClN3O2/c1-2-11-15-16-12(18-11)7-17-10-5-3-4-9(13)8(10)6-14/h3-5H,2,7H2,1H3. The van der Waals surface area contributed by atoms with Crippen LogP contribution in [0.25, 0.3) is 0 Å². The highest BCUT2D eigenvalue weighted by Crippen LogP contribution is 2.25. The minimum Gasteiger partial charge on any atom is -0.482 e. The van der Waals surface area contributed by atoms with Gasteiger partial charge in [-0.25, -0.2) is 0 Å². The van der Waals surface area contributed by atoms with Gasteiger partial charge in [-0.15, -0.1) is 10.2 Å². The Labute approximate surface area is 109 Å². The van der Waals surface area contributed by atoms with Crippen molar-refractivity contribution < 1.29 is 9.15 Å². The molecule has 0 N–H and O–H groups in total. The Morgan fingerprint density at radius 2 is 2.17 bits per heavy atom. The second-order valence-corrected chi connectivity index (χ2v) is 3.86. The number of aryl methyl sites for hydroxylation is 1. The van der Waals surface area contributed by atoms with E-state index in [-0.39, 0.29) is 6.61 Å². The first-order valence-corrected chi connectivity index (χ1v) is 5.75. The molecule has 1 aromatic carbocycles. The molecule has 0 aliphatic carbocycles. The maximum atomic E-state index is 8.97. The summed E-state index contributed by atoms with van der Waals surface area (Å²) in [6.07, 6.45) is 0.674. The lowest BCUT2D eigenvalue weighted by molar-refractivity contribution is 0.258. The van der Waals surface area contributed by atoms with Gasteiger partial charge in [0.2, 0.25) is 5.89 Å². The Balaban J connectivity index is 2.11. The number of ether oxygens (including phenoxy) is 1. The van der Waals surface area contributed by atoms with Gasteiger partial charge in [0.25, 0.3) is 5.89 Å². The third kappa shape index (κ3) is 2.60.